The van der Waals surface area contributed by atoms with E-state index in [9.17, 15) is 4.79 Å². The second kappa shape index (κ2) is 16.9. The molecular formula is C37H39N9O4. The van der Waals surface area contributed by atoms with Crippen molar-refractivity contribution in [2.75, 3.05) is 32.2 Å². The minimum absolute atomic E-state index is 0.0306. The van der Waals surface area contributed by atoms with Crippen molar-refractivity contribution in [2.45, 2.75) is 44.1 Å². The van der Waals surface area contributed by atoms with Crippen LogP contribution in [0, 0.1) is 0 Å². The normalized spacial score (nSPS) is 16.3. The van der Waals surface area contributed by atoms with Crippen molar-refractivity contribution < 1.29 is 19.4 Å². The van der Waals surface area contributed by atoms with Crippen LogP contribution in [0.25, 0.3) is 20.9 Å². The molecule has 0 aromatic heterocycles. The molecule has 2 N–H and O–H groups in total. The highest BCUT2D eigenvalue weighted by Gasteiger charge is 2.54. The number of nitrogens with zero attached hydrogens (tertiary/aromatic N) is 8. The molecular weight excluding hydrogens is 634 g/mol. The highest BCUT2D eigenvalue weighted by atomic mass is 16.5. The summed E-state index contributed by atoms with van der Waals surface area (Å²) in [7, 11) is 3.93. The predicted molar refractivity (Wildman–Crippen MR) is 192 cm³/mol. The van der Waals surface area contributed by atoms with Gasteiger partial charge < -0.3 is 24.8 Å². The lowest BCUT2D eigenvalue weighted by atomic mass is 9.79. The molecule has 0 spiro atoms. The summed E-state index contributed by atoms with van der Waals surface area (Å²) in [6, 6.07) is 30.0. The zero-order chi connectivity index (χ0) is 35.3. The first-order valence-corrected chi connectivity index (χ1v) is 16.2. The second-order valence-corrected chi connectivity index (χ2v) is 12.0. The topological polar surface area (TPSA) is 181 Å². The monoisotopic (exact) mass is 673 g/mol. The zero-order valence-electron chi connectivity index (χ0n) is 28.0. The maximum Gasteiger partial charge on any atom is 0.252 e. The number of aliphatic imine (C=N–C) groups is 1. The molecule has 1 amide bonds. The molecule has 1 aliphatic rings. The van der Waals surface area contributed by atoms with E-state index in [2.05, 4.69) is 25.4 Å². The molecule has 0 aliphatic carbocycles. The van der Waals surface area contributed by atoms with Gasteiger partial charge in [-0.15, -0.1) is 0 Å². The molecule has 4 aromatic rings. The Hall–Kier alpha value is -6.00. The van der Waals surface area contributed by atoms with E-state index in [0.717, 1.165) is 22.4 Å². The number of rotatable bonds is 16. The molecule has 1 heterocycles. The highest BCUT2D eigenvalue weighted by Crippen LogP contribution is 2.44. The van der Waals surface area contributed by atoms with Gasteiger partial charge in [0, 0.05) is 61.2 Å². The summed E-state index contributed by atoms with van der Waals surface area (Å²) in [6.45, 7) is 0.782. The minimum atomic E-state index is -1.53. The van der Waals surface area contributed by atoms with Crippen molar-refractivity contribution >= 4 is 17.5 Å². The Morgan fingerprint density at radius 3 is 2.22 bits per heavy atom. The number of ether oxygens (including phenoxy) is 2. The standard InChI is InChI=1S/C37H39N9O4/c1-46(2)31-16-12-26(13-17-31)23-40-36(48)37(22-28-8-3-4-9-29(28)24-41-44-38)34(33-11-6-5-10-30(33)25-42-45-39)50-35(43-37)27-14-18-32(19-15-27)49-21-7-20-47/h3-6,8-19,34,47H,7,20-25H2,1-2H3,(H,40,48)/t34-,37-/m1/s1. The van der Waals surface area contributed by atoms with Crippen LogP contribution in [0.4, 0.5) is 5.69 Å². The average molecular weight is 674 g/mol. The van der Waals surface area contributed by atoms with Crippen LogP contribution in [0.5, 0.6) is 5.75 Å². The van der Waals surface area contributed by atoms with E-state index in [-0.39, 0.29) is 44.5 Å². The Morgan fingerprint density at radius 1 is 0.920 bits per heavy atom. The summed E-state index contributed by atoms with van der Waals surface area (Å²) in [4.78, 5) is 27.9. The van der Waals surface area contributed by atoms with Crippen LogP contribution in [0.15, 0.2) is 112 Å². The van der Waals surface area contributed by atoms with Gasteiger partial charge in [-0.3, -0.25) is 4.79 Å². The van der Waals surface area contributed by atoms with Crippen molar-refractivity contribution in [3.05, 3.63) is 151 Å². The number of amides is 1. The fraction of sp³-hybridized carbons (Fsp3) is 0.297. The van der Waals surface area contributed by atoms with Gasteiger partial charge in [-0.1, -0.05) is 70.9 Å². The molecule has 13 nitrogen and oxygen atoms in total. The van der Waals surface area contributed by atoms with E-state index in [1.54, 1.807) is 12.1 Å². The van der Waals surface area contributed by atoms with E-state index in [1.807, 2.05) is 104 Å². The first kappa shape index (κ1) is 35.3. The lowest BCUT2D eigenvalue weighted by Gasteiger charge is -2.32. The first-order valence-electron chi connectivity index (χ1n) is 16.2. The Morgan fingerprint density at radius 2 is 1.56 bits per heavy atom. The predicted octanol–water partition coefficient (Wildman–Crippen LogP) is 6.95. The summed E-state index contributed by atoms with van der Waals surface area (Å²) in [6.07, 6.45) is -0.304. The van der Waals surface area contributed by atoms with Gasteiger partial charge in [-0.2, -0.15) is 0 Å². The fourth-order valence-corrected chi connectivity index (χ4v) is 5.83. The number of hydrogen-bond acceptors (Lipinski definition) is 8. The molecule has 0 saturated carbocycles. The molecule has 0 unspecified atom stereocenters. The summed E-state index contributed by atoms with van der Waals surface area (Å²) < 4.78 is 12.4. The van der Waals surface area contributed by atoms with Crippen LogP contribution in [0.2, 0.25) is 0 Å². The molecule has 2 atom stereocenters. The molecule has 0 radical (unpaired) electrons. The summed E-state index contributed by atoms with van der Waals surface area (Å²) in [5.74, 6) is 0.511. The molecule has 1 aliphatic heterocycles. The van der Waals surface area contributed by atoms with Gasteiger partial charge >= 0.3 is 0 Å². The Balaban J connectivity index is 1.62. The highest BCUT2D eigenvalue weighted by molar-refractivity contribution is 6.01. The van der Waals surface area contributed by atoms with E-state index < -0.39 is 11.6 Å². The Labute approximate surface area is 290 Å². The number of azide groups is 2. The molecule has 13 heteroatoms. The van der Waals surface area contributed by atoms with Crippen molar-refractivity contribution in [1.82, 2.24) is 5.32 Å². The molecule has 50 heavy (non-hydrogen) atoms. The zero-order valence-corrected chi connectivity index (χ0v) is 28.0. The third-order valence-electron chi connectivity index (χ3n) is 8.46. The molecule has 4 aromatic carbocycles. The number of hydrogen-bond donors (Lipinski definition) is 2. The molecule has 256 valence electrons. The van der Waals surface area contributed by atoms with Gasteiger partial charge in [-0.05, 0) is 75.3 Å². The van der Waals surface area contributed by atoms with E-state index in [0.29, 0.717) is 35.5 Å². The number of aliphatic hydroxyl groups is 1. The molecule has 5 rings (SSSR count). The van der Waals surface area contributed by atoms with E-state index >= 15 is 0 Å². The van der Waals surface area contributed by atoms with Crippen LogP contribution in [0.1, 0.15) is 45.9 Å². The third-order valence-corrected chi connectivity index (χ3v) is 8.46. The van der Waals surface area contributed by atoms with Crippen LogP contribution in [-0.2, 0) is 35.6 Å². The lowest BCUT2D eigenvalue weighted by Crippen LogP contribution is -2.50. The van der Waals surface area contributed by atoms with Crippen molar-refractivity contribution in [3.8, 4) is 5.75 Å². The maximum atomic E-state index is 14.8. The lowest BCUT2D eigenvalue weighted by molar-refractivity contribution is -0.129. The molecule has 0 saturated heterocycles. The number of carbonyl (C=O) groups is 1. The largest absolute Gasteiger partial charge is 0.494 e. The van der Waals surface area contributed by atoms with Crippen LogP contribution in [-0.4, -0.2) is 49.8 Å². The Kier molecular flexibility index (Phi) is 11.9. The number of anilines is 1. The second-order valence-electron chi connectivity index (χ2n) is 12.0. The maximum absolute atomic E-state index is 14.8. The summed E-state index contributed by atoms with van der Waals surface area (Å²) >= 11 is 0. The van der Waals surface area contributed by atoms with Crippen LogP contribution in [0.3, 0.4) is 0 Å². The number of benzene rings is 4. The van der Waals surface area contributed by atoms with Crippen molar-refractivity contribution in [2.24, 2.45) is 15.2 Å². The van der Waals surface area contributed by atoms with Crippen molar-refractivity contribution in [3.63, 3.8) is 0 Å². The van der Waals surface area contributed by atoms with Gasteiger partial charge in [0.15, 0.2) is 11.6 Å². The van der Waals surface area contributed by atoms with E-state index in [4.69, 9.17) is 30.6 Å². The Bertz CT molecular complexity index is 1900. The SMILES string of the molecule is CN(C)c1ccc(CNC(=O)[C@]2(Cc3ccccc3CN=[N+]=[N-])N=C(c3ccc(OCCCO)cc3)O[C@@H]2c2ccccc2CN=[N+]=[N-])cc1. The summed E-state index contributed by atoms with van der Waals surface area (Å²) in [5.41, 5.74) is 22.2. The average Bonchev–Trinajstić information content (AvgIpc) is 3.53. The first-order chi connectivity index (χ1) is 24.4. The van der Waals surface area contributed by atoms with Gasteiger partial charge in [0.1, 0.15) is 5.75 Å². The minimum Gasteiger partial charge on any atom is -0.494 e. The van der Waals surface area contributed by atoms with Crippen LogP contribution >= 0.6 is 0 Å². The summed E-state index contributed by atoms with van der Waals surface area (Å²) in [5, 5.41) is 19.9. The number of nitrogens with one attached hydrogen (secondary N) is 1. The van der Waals surface area contributed by atoms with Gasteiger partial charge in [0.2, 0.25) is 5.90 Å². The smallest absolute Gasteiger partial charge is 0.252 e. The third kappa shape index (κ3) is 8.34. The van der Waals surface area contributed by atoms with E-state index in [1.165, 1.54) is 0 Å². The quantitative estimate of drug-likeness (QED) is 0.0564. The van der Waals surface area contributed by atoms with Gasteiger partial charge in [0.25, 0.3) is 5.91 Å². The van der Waals surface area contributed by atoms with Crippen LogP contribution < -0.4 is 15.0 Å². The van der Waals surface area contributed by atoms with Gasteiger partial charge in [-0.25, -0.2) is 4.99 Å². The fourth-order valence-electron chi connectivity index (χ4n) is 5.83. The van der Waals surface area contributed by atoms with Crippen molar-refractivity contribution in [1.29, 1.82) is 0 Å². The molecule has 0 fully saturated rings. The number of carbonyl (C=O) groups excluding carboxylic acids is 1. The molecule has 0 bridgehead atoms. The number of aliphatic hydroxyl groups excluding tert-OH is 1. The van der Waals surface area contributed by atoms with Gasteiger partial charge in [0.05, 0.1) is 19.7 Å².